The second-order valence-corrected chi connectivity index (χ2v) is 8.33. The number of carbonyl (C=O) groups excluding carboxylic acids is 1. The number of aryl methyl sites for hydroxylation is 2. The highest BCUT2D eigenvalue weighted by Gasteiger charge is 2.36. The minimum absolute atomic E-state index is 0.0483. The summed E-state index contributed by atoms with van der Waals surface area (Å²) in [6.07, 6.45) is 0. The minimum atomic E-state index is -0.427. The number of amides is 1. The highest BCUT2D eigenvalue weighted by atomic mass is 32.1. The number of carbonyl (C=O) groups is 1. The molecule has 1 aliphatic rings. The van der Waals surface area contributed by atoms with Crippen LogP contribution in [0, 0.1) is 25.2 Å². The normalized spacial score (nSPS) is 15.4. The number of allylic oxidation sites excluding steroid dienone is 1. The predicted molar refractivity (Wildman–Crippen MR) is 111 cm³/mol. The number of fused-ring (bicyclic) bond motifs is 1. The Kier molecular flexibility index (Phi) is 4.60. The lowest BCUT2D eigenvalue weighted by Crippen LogP contribution is -2.21. The molecule has 0 saturated heterocycles. The molecule has 0 spiro atoms. The van der Waals surface area contributed by atoms with Gasteiger partial charge in [-0.25, -0.2) is 0 Å². The first-order valence-corrected chi connectivity index (χ1v) is 9.81. The summed E-state index contributed by atoms with van der Waals surface area (Å²) in [6, 6.07) is 11.6. The van der Waals surface area contributed by atoms with Gasteiger partial charge < -0.3 is 15.8 Å². The number of benzene rings is 1. The van der Waals surface area contributed by atoms with Crippen molar-refractivity contribution in [2.24, 2.45) is 5.73 Å². The van der Waals surface area contributed by atoms with Crippen LogP contribution in [0.15, 0.2) is 41.8 Å². The quantitative estimate of drug-likeness (QED) is 0.610. The van der Waals surface area contributed by atoms with Crippen LogP contribution in [-0.4, -0.2) is 16.1 Å². The number of nitriles is 1. The van der Waals surface area contributed by atoms with E-state index in [1.807, 2.05) is 12.1 Å². The van der Waals surface area contributed by atoms with Crippen molar-refractivity contribution in [2.45, 2.75) is 26.7 Å². The van der Waals surface area contributed by atoms with Gasteiger partial charge in [-0.3, -0.25) is 9.89 Å². The molecule has 8 heteroatoms. The summed E-state index contributed by atoms with van der Waals surface area (Å²) in [5.41, 5.74) is 10.5. The average Bonchev–Trinajstić information content (AvgIpc) is 3.22. The monoisotopic (exact) mass is 405 g/mol. The highest BCUT2D eigenvalue weighted by Crippen LogP contribution is 2.47. The van der Waals surface area contributed by atoms with Crippen molar-refractivity contribution < 1.29 is 9.53 Å². The summed E-state index contributed by atoms with van der Waals surface area (Å²) >= 11 is 1.70. The van der Waals surface area contributed by atoms with Crippen LogP contribution in [-0.2, 0) is 4.79 Å². The number of H-pyrrole nitrogens is 1. The fourth-order valence-electron chi connectivity index (χ4n) is 3.62. The number of hydrogen-bond donors (Lipinski definition) is 3. The standard InChI is InChI=1S/C21H19N5O2S/c1-10-8-15(11(2)29-10)19-18-17(13-4-6-14(7-5-13)24-12(3)27)16(9-22)20(23)28-21(18)26-25-19/h4-8,17H,23H2,1-3H3,(H,24,27)(H,25,26)/t17-/m1/s1. The van der Waals surface area contributed by atoms with E-state index in [0.29, 0.717) is 17.1 Å². The molecule has 1 amide bonds. The molecule has 146 valence electrons. The largest absolute Gasteiger partial charge is 0.420 e. The number of nitrogens with zero attached hydrogens (tertiary/aromatic N) is 2. The Morgan fingerprint density at radius 1 is 1.34 bits per heavy atom. The number of ether oxygens (including phenoxy) is 1. The van der Waals surface area contributed by atoms with Gasteiger partial charge in [-0.05, 0) is 37.6 Å². The van der Waals surface area contributed by atoms with Crippen LogP contribution in [0.4, 0.5) is 5.69 Å². The van der Waals surface area contributed by atoms with Crippen LogP contribution >= 0.6 is 11.3 Å². The van der Waals surface area contributed by atoms with E-state index in [1.54, 1.807) is 23.5 Å². The average molecular weight is 405 g/mol. The van der Waals surface area contributed by atoms with Crippen molar-refractivity contribution in [3.63, 3.8) is 0 Å². The molecule has 3 heterocycles. The summed E-state index contributed by atoms with van der Waals surface area (Å²) in [7, 11) is 0. The van der Waals surface area contributed by atoms with E-state index < -0.39 is 5.92 Å². The molecule has 0 saturated carbocycles. The van der Waals surface area contributed by atoms with Crippen LogP contribution in [0.1, 0.15) is 33.7 Å². The van der Waals surface area contributed by atoms with E-state index >= 15 is 0 Å². The third kappa shape index (κ3) is 3.26. The number of aromatic nitrogens is 2. The Hall–Kier alpha value is -3.57. The zero-order chi connectivity index (χ0) is 20.7. The summed E-state index contributed by atoms with van der Waals surface area (Å²) < 4.78 is 5.65. The SMILES string of the molecule is CC(=O)Nc1ccc([C@@H]2C(C#N)=C(N)Oc3n[nH]c(-c4cc(C)sc4C)c32)cc1. The fraction of sp³-hybridized carbons (Fsp3) is 0.190. The van der Waals surface area contributed by atoms with Crippen molar-refractivity contribution in [1.82, 2.24) is 10.2 Å². The number of anilines is 1. The second kappa shape index (κ2) is 7.11. The van der Waals surface area contributed by atoms with Crippen LogP contribution < -0.4 is 15.8 Å². The van der Waals surface area contributed by atoms with Gasteiger partial charge in [-0.1, -0.05) is 12.1 Å². The first-order chi connectivity index (χ1) is 13.9. The number of hydrogen-bond acceptors (Lipinski definition) is 6. The summed E-state index contributed by atoms with van der Waals surface area (Å²) in [5, 5.41) is 19.9. The molecule has 0 aliphatic carbocycles. The number of aromatic amines is 1. The molecular formula is C21H19N5O2S. The molecule has 1 aliphatic heterocycles. The molecule has 0 fully saturated rings. The Morgan fingerprint density at radius 2 is 2.07 bits per heavy atom. The van der Waals surface area contributed by atoms with Crippen LogP contribution in [0.5, 0.6) is 5.88 Å². The van der Waals surface area contributed by atoms with Crippen molar-refractivity contribution >= 4 is 22.9 Å². The molecule has 1 aromatic carbocycles. The second-order valence-electron chi connectivity index (χ2n) is 6.87. The Labute approximate surface area is 171 Å². The van der Waals surface area contributed by atoms with Crippen LogP contribution in [0.3, 0.4) is 0 Å². The Balaban J connectivity index is 1.87. The maximum absolute atomic E-state index is 11.3. The van der Waals surface area contributed by atoms with Gasteiger partial charge in [0, 0.05) is 27.9 Å². The van der Waals surface area contributed by atoms with E-state index in [2.05, 4.69) is 41.5 Å². The van der Waals surface area contributed by atoms with Crippen molar-refractivity contribution in [2.75, 3.05) is 5.32 Å². The third-order valence-electron chi connectivity index (χ3n) is 4.81. The molecule has 4 rings (SSSR count). The van der Waals surface area contributed by atoms with Crippen LogP contribution in [0.25, 0.3) is 11.3 Å². The Bertz CT molecular complexity index is 1180. The van der Waals surface area contributed by atoms with E-state index in [0.717, 1.165) is 27.3 Å². The van der Waals surface area contributed by atoms with E-state index in [9.17, 15) is 10.1 Å². The van der Waals surface area contributed by atoms with Gasteiger partial charge in [0.25, 0.3) is 0 Å². The molecule has 1 atom stereocenters. The number of thiophene rings is 1. The van der Waals surface area contributed by atoms with Gasteiger partial charge in [-0.2, -0.15) is 5.26 Å². The smallest absolute Gasteiger partial charge is 0.244 e. The van der Waals surface area contributed by atoms with Gasteiger partial charge in [0.2, 0.25) is 17.7 Å². The zero-order valence-electron chi connectivity index (χ0n) is 16.2. The number of rotatable bonds is 3. The molecule has 2 aromatic heterocycles. The summed E-state index contributed by atoms with van der Waals surface area (Å²) in [6.45, 7) is 5.56. The Morgan fingerprint density at radius 3 is 2.66 bits per heavy atom. The van der Waals surface area contributed by atoms with Gasteiger partial charge in [0.15, 0.2) is 0 Å². The lowest BCUT2D eigenvalue weighted by atomic mass is 9.83. The lowest BCUT2D eigenvalue weighted by Gasteiger charge is -2.24. The van der Waals surface area contributed by atoms with Gasteiger partial charge >= 0.3 is 0 Å². The summed E-state index contributed by atoms with van der Waals surface area (Å²) in [5.74, 6) is -0.153. The molecule has 0 unspecified atom stereocenters. The molecule has 7 nitrogen and oxygen atoms in total. The molecule has 29 heavy (non-hydrogen) atoms. The van der Waals surface area contributed by atoms with E-state index in [1.165, 1.54) is 11.8 Å². The number of nitrogens with one attached hydrogen (secondary N) is 2. The predicted octanol–water partition coefficient (Wildman–Crippen LogP) is 3.93. The molecular weight excluding hydrogens is 386 g/mol. The topological polar surface area (TPSA) is 117 Å². The first kappa shape index (κ1) is 18.8. The lowest BCUT2D eigenvalue weighted by molar-refractivity contribution is -0.114. The first-order valence-electron chi connectivity index (χ1n) is 8.99. The molecule has 3 aromatic rings. The van der Waals surface area contributed by atoms with E-state index in [-0.39, 0.29) is 11.8 Å². The number of nitrogens with two attached hydrogens (primary N) is 1. The summed E-state index contributed by atoms with van der Waals surface area (Å²) in [4.78, 5) is 13.6. The van der Waals surface area contributed by atoms with Crippen molar-refractivity contribution in [1.29, 1.82) is 5.26 Å². The van der Waals surface area contributed by atoms with Crippen molar-refractivity contribution in [3.05, 3.63) is 62.7 Å². The van der Waals surface area contributed by atoms with Gasteiger partial charge in [0.05, 0.1) is 17.2 Å². The fourth-order valence-corrected chi connectivity index (χ4v) is 4.56. The molecule has 0 radical (unpaired) electrons. The zero-order valence-corrected chi connectivity index (χ0v) is 17.0. The van der Waals surface area contributed by atoms with Gasteiger partial charge in [0.1, 0.15) is 11.6 Å². The highest BCUT2D eigenvalue weighted by molar-refractivity contribution is 7.12. The molecule has 4 N–H and O–H groups in total. The maximum atomic E-state index is 11.3. The molecule has 0 bridgehead atoms. The minimum Gasteiger partial charge on any atom is -0.420 e. The van der Waals surface area contributed by atoms with Crippen LogP contribution in [0.2, 0.25) is 0 Å². The van der Waals surface area contributed by atoms with E-state index in [4.69, 9.17) is 10.5 Å². The third-order valence-corrected chi connectivity index (χ3v) is 5.78. The van der Waals surface area contributed by atoms with Crippen molar-refractivity contribution in [3.8, 4) is 23.2 Å². The maximum Gasteiger partial charge on any atom is 0.244 e. The van der Waals surface area contributed by atoms with Gasteiger partial charge in [-0.15, -0.1) is 16.4 Å².